The fourth-order valence-electron chi connectivity index (χ4n) is 3.46. The first kappa shape index (κ1) is 21.8. The number of hydrogen-bond donors (Lipinski definition) is 1. The molecule has 1 saturated heterocycles. The van der Waals surface area contributed by atoms with Gasteiger partial charge in [0, 0.05) is 28.4 Å². The van der Waals surface area contributed by atoms with Crippen LogP contribution in [0.1, 0.15) is 40.5 Å². The summed E-state index contributed by atoms with van der Waals surface area (Å²) in [5, 5.41) is 4.52. The van der Waals surface area contributed by atoms with Gasteiger partial charge in [-0.15, -0.1) is 11.3 Å². The van der Waals surface area contributed by atoms with Crippen molar-refractivity contribution in [3.05, 3.63) is 45.4 Å². The van der Waals surface area contributed by atoms with Crippen molar-refractivity contribution in [3.8, 4) is 0 Å². The number of carbonyl (C=O) groups excluding carboxylic acids is 4. The summed E-state index contributed by atoms with van der Waals surface area (Å²) in [6.07, 6.45) is 0.874. The van der Waals surface area contributed by atoms with Crippen LogP contribution in [0.3, 0.4) is 0 Å². The first-order valence-corrected chi connectivity index (χ1v) is 10.5. The lowest BCUT2D eigenvalue weighted by Gasteiger charge is -2.15. The van der Waals surface area contributed by atoms with Gasteiger partial charge in [-0.3, -0.25) is 19.3 Å². The van der Waals surface area contributed by atoms with Crippen molar-refractivity contribution in [2.45, 2.75) is 46.2 Å². The molecule has 1 aliphatic heterocycles. The quantitative estimate of drug-likeness (QED) is 0.393. The zero-order valence-electron chi connectivity index (χ0n) is 17.5. The third-order valence-electron chi connectivity index (χ3n) is 5.13. The highest BCUT2D eigenvalue weighted by Gasteiger charge is 2.45. The van der Waals surface area contributed by atoms with Gasteiger partial charge in [-0.05, 0) is 51.6 Å². The van der Waals surface area contributed by atoms with Crippen LogP contribution in [0.2, 0.25) is 0 Å². The third-order valence-corrected chi connectivity index (χ3v) is 6.07. The third kappa shape index (κ3) is 4.46. The van der Waals surface area contributed by atoms with E-state index in [1.807, 2.05) is 25.3 Å². The van der Waals surface area contributed by atoms with E-state index in [0.29, 0.717) is 5.56 Å². The van der Waals surface area contributed by atoms with Crippen molar-refractivity contribution >= 4 is 35.0 Å². The van der Waals surface area contributed by atoms with Crippen molar-refractivity contribution in [2.24, 2.45) is 0 Å². The first-order chi connectivity index (χ1) is 14.1. The van der Waals surface area contributed by atoms with Crippen molar-refractivity contribution in [2.75, 3.05) is 13.2 Å². The Kier molecular flexibility index (Phi) is 6.12. The second kappa shape index (κ2) is 8.43. The lowest BCUT2D eigenvalue weighted by Crippen LogP contribution is -2.41. The number of ether oxygens (including phenoxy) is 1. The van der Waals surface area contributed by atoms with E-state index in [1.54, 1.807) is 31.3 Å². The smallest absolute Gasteiger partial charge is 0.326 e. The molecule has 3 amide bonds. The molecule has 0 bridgehead atoms. The molecule has 9 heteroatoms. The highest BCUT2D eigenvalue weighted by atomic mass is 32.1. The minimum atomic E-state index is -1.06. The topological polar surface area (TPSA) is 97.7 Å². The van der Waals surface area contributed by atoms with Gasteiger partial charge in [0.05, 0.1) is 0 Å². The molecule has 1 N–H and O–H groups in total. The molecule has 160 valence electrons. The normalized spacial score (nSPS) is 15.4. The maximum Gasteiger partial charge on any atom is 0.326 e. The van der Waals surface area contributed by atoms with Gasteiger partial charge in [0.1, 0.15) is 12.1 Å². The van der Waals surface area contributed by atoms with Gasteiger partial charge in [-0.2, -0.15) is 0 Å². The van der Waals surface area contributed by atoms with E-state index in [-0.39, 0.29) is 5.78 Å². The number of Topliss-reactive ketones (excluding diaryl/α,β-unsaturated/α-hetero) is 1. The van der Waals surface area contributed by atoms with Crippen LogP contribution < -0.4 is 5.32 Å². The standard InChI is InChI=1S/C21H25N3O5S/c1-13-10-16(14(2)23(13)8-7-15-6-5-9-30-15)17(25)12-29-18(26)11-24-19(27)21(3,4)22-20(24)28/h5-6,9-10H,7-8,11-12H2,1-4H3,(H,22,28). The fourth-order valence-corrected chi connectivity index (χ4v) is 4.16. The number of carbonyl (C=O) groups is 4. The van der Waals surface area contributed by atoms with Crippen LogP contribution in [0.25, 0.3) is 0 Å². The Morgan fingerprint density at radius 3 is 2.57 bits per heavy atom. The Bertz CT molecular complexity index is 991. The zero-order valence-corrected chi connectivity index (χ0v) is 18.3. The van der Waals surface area contributed by atoms with Crippen LogP contribution in [0, 0.1) is 13.8 Å². The SMILES string of the molecule is Cc1cc(C(=O)COC(=O)CN2C(=O)NC(C)(C)C2=O)c(C)n1CCc1cccs1. The van der Waals surface area contributed by atoms with E-state index >= 15 is 0 Å². The number of urea groups is 1. The monoisotopic (exact) mass is 431 g/mol. The summed E-state index contributed by atoms with van der Waals surface area (Å²) >= 11 is 1.70. The van der Waals surface area contributed by atoms with E-state index in [4.69, 9.17) is 4.74 Å². The van der Waals surface area contributed by atoms with Gasteiger partial charge in [0.2, 0.25) is 5.78 Å². The predicted octanol–water partition coefficient (Wildman–Crippen LogP) is 2.47. The summed E-state index contributed by atoms with van der Waals surface area (Å²) < 4.78 is 7.11. The number of hydrogen-bond acceptors (Lipinski definition) is 6. The van der Waals surface area contributed by atoms with E-state index in [0.717, 1.165) is 29.3 Å². The van der Waals surface area contributed by atoms with Crippen LogP contribution >= 0.6 is 11.3 Å². The van der Waals surface area contributed by atoms with Crippen molar-refractivity contribution in [1.29, 1.82) is 0 Å². The zero-order chi connectivity index (χ0) is 22.1. The van der Waals surface area contributed by atoms with Crippen LogP contribution in [0.4, 0.5) is 4.79 Å². The van der Waals surface area contributed by atoms with Gasteiger partial charge >= 0.3 is 12.0 Å². The van der Waals surface area contributed by atoms with Crippen molar-refractivity contribution in [3.63, 3.8) is 0 Å². The molecule has 3 rings (SSSR count). The summed E-state index contributed by atoms with van der Waals surface area (Å²) in [6.45, 7) is 6.69. The lowest BCUT2D eigenvalue weighted by atomic mass is 10.1. The molecule has 0 unspecified atom stereocenters. The lowest BCUT2D eigenvalue weighted by molar-refractivity contribution is -0.146. The Morgan fingerprint density at radius 1 is 1.23 bits per heavy atom. The summed E-state index contributed by atoms with van der Waals surface area (Å²) in [5.74, 6) is -1.64. The van der Waals surface area contributed by atoms with Crippen LogP contribution in [0.15, 0.2) is 23.6 Å². The Morgan fingerprint density at radius 2 is 1.97 bits per heavy atom. The van der Waals surface area contributed by atoms with Crippen molar-refractivity contribution in [1.82, 2.24) is 14.8 Å². The average Bonchev–Trinajstić information content (AvgIpc) is 3.34. The summed E-state index contributed by atoms with van der Waals surface area (Å²) in [7, 11) is 0. The van der Waals surface area contributed by atoms with E-state index in [9.17, 15) is 19.2 Å². The molecule has 30 heavy (non-hydrogen) atoms. The maximum absolute atomic E-state index is 12.6. The highest BCUT2D eigenvalue weighted by molar-refractivity contribution is 7.09. The molecule has 2 aromatic rings. The molecule has 0 saturated carbocycles. The largest absolute Gasteiger partial charge is 0.456 e. The number of amides is 3. The van der Waals surface area contributed by atoms with Gasteiger partial charge in [-0.25, -0.2) is 4.79 Å². The molecular weight excluding hydrogens is 406 g/mol. The molecule has 0 aromatic carbocycles. The highest BCUT2D eigenvalue weighted by Crippen LogP contribution is 2.19. The van der Waals surface area contributed by atoms with E-state index in [2.05, 4.69) is 16.0 Å². The molecule has 3 heterocycles. The molecule has 1 aliphatic rings. The van der Waals surface area contributed by atoms with Gasteiger partial charge < -0.3 is 14.6 Å². The maximum atomic E-state index is 12.6. The van der Waals surface area contributed by atoms with Gasteiger partial charge in [0.15, 0.2) is 6.61 Å². The number of thiophene rings is 1. The molecule has 1 fully saturated rings. The van der Waals surface area contributed by atoms with Crippen LogP contribution in [-0.4, -0.2) is 51.8 Å². The van der Waals surface area contributed by atoms with Crippen LogP contribution in [-0.2, 0) is 27.3 Å². The second-order valence-electron chi connectivity index (χ2n) is 7.80. The molecule has 2 aromatic heterocycles. The summed E-state index contributed by atoms with van der Waals surface area (Å²) in [6, 6.07) is 5.23. The summed E-state index contributed by atoms with van der Waals surface area (Å²) in [4.78, 5) is 50.7. The molecule has 0 atom stereocenters. The number of nitrogens with one attached hydrogen (secondary N) is 1. The molecule has 0 radical (unpaired) electrons. The van der Waals surface area contributed by atoms with E-state index < -0.39 is 36.6 Å². The number of ketones is 1. The minimum absolute atomic E-state index is 0.323. The average molecular weight is 432 g/mol. The number of esters is 1. The summed E-state index contributed by atoms with van der Waals surface area (Å²) in [5.41, 5.74) is 1.22. The number of rotatable bonds is 8. The first-order valence-electron chi connectivity index (χ1n) is 9.62. The Balaban J connectivity index is 1.57. The number of aryl methyl sites for hydroxylation is 2. The molecule has 8 nitrogen and oxygen atoms in total. The Labute approximate surface area is 178 Å². The molecular formula is C21H25N3O5S. The molecule has 0 aliphatic carbocycles. The predicted molar refractivity (Wildman–Crippen MR) is 112 cm³/mol. The number of aromatic nitrogens is 1. The second-order valence-corrected chi connectivity index (χ2v) is 8.83. The van der Waals surface area contributed by atoms with Crippen LogP contribution in [0.5, 0.6) is 0 Å². The number of imide groups is 1. The van der Waals surface area contributed by atoms with Gasteiger partial charge in [0.25, 0.3) is 5.91 Å². The van der Waals surface area contributed by atoms with E-state index in [1.165, 1.54) is 4.88 Å². The minimum Gasteiger partial charge on any atom is -0.456 e. The number of nitrogens with zero attached hydrogens (tertiary/aromatic N) is 2. The fraction of sp³-hybridized carbons (Fsp3) is 0.429. The Hall–Kier alpha value is -2.94. The van der Waals surface area contributed by atoms with Crippen molar-refractivity contribution < 1.29 is 23.9 Å². The molecule has 0 spiro atoms. The van der Waals surface area contributed by atoms with Gasteiger partial charge in [-0.1, -0.05) is 6.07 Å².